The number of hydrogen-bond acceptors (Lipinski definition) is 17. The van der Waals surface area contributed by atoms with E-state index in [-0.39, 0.29) is 6.42 Å². The van der Waals surface area contributed by atoms with Crippen molar-refractivity contribution in [2.24, 2.45) is 17.8 Å². The number of aliphatic hydroxyl groups excluding tert-OH is 10. The Balaban J connectivity index is 1.80. The molecule has 20 heteroatoms. The standard InChI is InChI=1S/C28H44O20/c1-2-3-7(13(29)21(37)25(38)39)4-10-16(32)14(30)8(22(46-10)26(40)41)5-11-17(33)15(31)9(23(47-11)27(42)43)6-12-18(34)19(35)20(36)24(48-12)28(44)45/h2,7-25,29-39H,1,3-6H2,(H,40,41)(H,42,43)(H,44,45). The third-order valence-corrected chi connectivity index (χ3v) is 9.35. The van der Waals surface area contributed by atoms with E-state index in [9.17, 15) is 85.9 Å². The van der Waals surface area contributed by atoms with Crippen LogP contribution in [0, 0.1) is 17.8 Å². The minimum Gasteiger partial charge on any atom is -0.479 e. The molecule has 0 aromatic heterocycles. The van der Waals surface area contributed by atoms with Crippen LogP contribution in [0.1, 0.15) is 25.7 Å². The molecule has 18 atom stereocenters. The van der Waals surface area contributed by atoms with E-state index in [1.165, 1.54) is 6.08 Å². The van der Waals surface area contributed by atoms with Crippen molar-refractivity contribution in [3.05, 3.63) is 12.7 Å². The zero-order chi connectivity index (χ0) is 36.4. The molecule has 276 valence electrons. The van der Waals surface area contributed by atoms with Gasteiger partial charge in [-0.15, -0.1) is 6.58 Å². The zero-order valence-corrected chi connectivity index (χ0v) is 25.3. The van der Waals surface area contributed by atoms with Gasteiger partial charge in [-0.1, -0.05) is 6.08 Å². The molecule has 3 aliphatic heterocycles. The number of carboxylic acids is 3. The lowest BCUT2D eigenvalue weighted by Crippen LogP contribution is -2.63. The molecule has 3 saturated heterocycles. The molecule has 0 spiro atoms. The number of carbonyl (C=O) groups is 3. The second-order valence-corrected chi connectivity index (χ2v) is 12.4. The van der Waals surface area contributed by atoms with Gasteiger partial charge in [0.1, 0.15) is 36.6 Å². The van der Waals surface area contributed by atoms with Crippen LogP contribution in [0.25, 0.3) is 0 Å². The van der Waals surface area contributed by atoms with Gasteiger partial charge in [-0.3, -0.25) is 0 Å². The first kappa shape index (κ1) is 40.0. The Labute approximate surface area is 272 Å². The van der Waals surface area contributed by atoms with E-state index in [2.05, 4.69) is 6.58 Å². The van der Waals surface area contributed by atoms with E-state index in [0.717, 1.165) is 0 Å². The number of ether oxygens (including phenoxy) is 3. The molecule has 0 aromatic carbocycles. The SMILES string of the molecule is C=CCC(CC1OC(C(=O)O)C(CC2OC(C(=O)O)C(CC3OC(C(=O)O)C(O)C(O)C3O)C(O)C2O)C(O)C1O)C(O)C(O)C(O)O. The lowest BCUT2D eigenvalue weighted by molar-refractivity contribution is -0.254. The van der Waals surface area contributed by atoms with Gasteiger partial charge in [-0.2, -0.15) is 0 Å². The summed E-state index contributed by atoms with van der Waals surface area (Å²) in [5.74, 6) is -9.40. The van der Waals surface area contributed by atoms with Crippen LogP contribution in [-0.4, -0.2) is 187 Å². The van der Waals surface area contributed by atoms with Gasteiger partial charge in [0.2, 0.25) is 0 Å². The number of allylic oxidation sites excluding steroid dienone is 1. The summed E-state index contributed by atoms with van der Waals surface area (Å²) in [6, 6.07) is 0. The molecular formula is C28H44O20. The Hall–Kier alpha value is -2.41. The van der Waals surface area contributed by atoms with Crippen LogP contribution in [0.3, 0.4) is 0 Å². The van der Waals surface area contributed by atoms with Crippen molar-refractivity contribution in [2.75, 3.05) is 0 Å². The van der Waals surface area contributed by atoms with Gasteiger partial charge in [0.05, 0.1) is 36.6 Å². The van der Waals surface area contributed by atoms with Crippen LogP contribution in [0.4, 0.5) is 0 Å². The van der Waals surface area contributed by atoms with Crippen LogP contribution in [0.15, 0.2) is 12.7 Å². The van der Waals surface area contributed by atoms with Gasteiger partial charge < -0.3 is 85.7 Å². The molecule has 3 fully saturated rings. The number of rotatable bonds is 14. The quantitative estimate of drug-likeness (QED) is 0.0591. The zero-order valence-electron chi connectivity index (χ0n) is 25.3. The van der Waals surface area contributed by atoms with Crippen molar-refractivity contribution >= 4 is 17.9 Å². The Morgan fingerprint density at radius 2 is 0.958 bits per heavy atom. The van der Waals surface area contributed by atoms with Crippen LogP contribution >= 0.6 is 0 Å². The maximum atomic E-state index is 12.2. The lowest BCUT2D eigenvalue weighted by Gasteiger charge is -2.47. The lowest BCUT2D eigenvalue weighted by atomic mass is 9.75. The van der Waals surface area contributed by atoms with Crippen molar-refractivity contribution in [2.45, 2.75) is 124 Å². The normalized spacial score (nSPS) is 42.5. The molecule has 0 bridgehead atoms. The highest BCUT2D eigenvalue weighted by atomic mass is 16.6. The van der Waals surface area contributed by atoms with E-state index in [1.807, 2.05) is 0 Å². The highest BCUT2D eigenvalue weighted by Gasteiger charge is 2.55. The third kappa shape index (κ3) is 8.47. The maximum absolute atomic E-state index is 12.2. The number of aliphatic hydroxyl groups is 11. The largest absolute Gasteiger partial charge is 0.479 e. The maximum Gasteiger partial charge on any atom is 0.335 e. The molecule has 0 aliphatic carbocycles. The van der Waals surface area contributed by atoms with Crippen LogP contribution in [0.2, 0.25) is 0 Å². The number of carboxylic acid groups (broad SMARTS) is 3. The third-order valence-electron chi connectivity index (χ3n) is 9.35. The molecule has 20 nitrogen and oxygen atoms in total. The highest BCUT2D eigenvalue weighted by molar-refractivity contribution is 5.74. The molecular weight excluding hydrogens is 656 g/mol. The molecule has 0 radical (unpaired) electrons. The Kier molecular flexibility index (Phi) is 13.8. The van der Waals surface area contributed by atoms with Crippen LogP contribution in [-0.2, 0) is 28.6 Å². The molecule has 3 heterocycles. The summed E-state index contributed by atoms with van der Waals surface area (Å²) in [4.78, 5) is 35.9. The van der Waals surface area contributed by atoms with Crippen molar-refractivity contribution in [1.29, 1.82) is 0 Å². The summed E-state index contributed by atoms with van der Waals surface area (Å²) in [5.41, 5.74) is 0. The van der Waals surface area contributed by atoms with E-state index in [4.69, 9.17) is 14.2 Å². The van der Waals surface area contributed by atoms with Gasteiger partial charge in [0, 0.05) is 11.8 Å². The fourth-order valence-electron chi connectivity index (χ4n) is 6.67. The molecule has 48 heavy (non-hydrogen) atoms. The molecule has 0 amide bonds. The second kappa shape index (κ2) is 16.5. The van der Waals surface area contributed by atoms with Crippen LogP contribution < -0.4 is 0 Å². The summed E-state index contributed by atoms with van der Waals surface area (Å²) >= 11 is 0. The van der Waals surface area contributed by atoms with Crippen molar-refractivity contribution < 1.29 is 100 Å². The van der Waals surface area contributed by atoms with Gasteiger partial charge in [-0.05, 0) is 31.6 Å². The van der Waals surface area contributed by atoms with E-state index in [0.29, 0.717) is 0 Å². The van der Waals surface area contributed by atoms with Gasteiger partial charge >= 0.3 is 17.9 Å². The van der Waals surface area contributed by atoms with Gasteiger partial charge in [0.15, 0.2) is 24.6 Å². The average Bonchev–Trinajstić information content (AvgIpc) is 3.02. The first-order chi connectivity index (χ1) is 22.3. The van der Waals surface area contributed by atoms with Gasteiger partial charge in [0.25, 0.3) is 0 Å². The summed E-state index contributed by atoms with van der Waals surface area (Å²) in [6.45, 7) is 3.50. The summed E-state index contributed by atoms with van der Waals surface area (Å²) in [7, 11) is 0. The molecule has 14 N–H and O–H groups in total. The molecule has 18 unspecified atom stereocenters. The van der Waals surface area contributed by atoms with E-state index < -0.39 is 153 Å². The highest BCUT2D eigenvalue weighted by Crippen LogP contribution is 2.39. The predicted octanol–water partition coefficient (Wildman–Crippen LogP) is -6.30. The number of hydrogen-bond donors (Lipinski definition) is 14. The summed E-state index contributed by atoms with van der Waals surface area (Å²) in [6.07, 6.45) is -31.6. The van der Waals surface area contributed by atoms with Crippen LogP contribution in [0.5, 0.6) is 0 Å². The minimum absolute atomic E-state index is 0.0774. The molecule has 0 aromatic rings. The number of aliphatic carboxylic acids is 3. The second-order valence-electron chi connectivity index (χ2n) is 12.4. The van der Waals surface area contributed by atoms with Crippen molar-refractivity contribution in [3.63, 3.8) is 0 Å². The van der Waals surface area contributed by atoms with E-state index >= 15 is 0 Å². The Morgan fingerprint density at radius 1 is 0.562 bits per heavy atom. The average molecular weight is 701 g/mol. The van der Waals surface area contributed by atoms with Gasteiger partial charge in [-0.25, -0.2) is 14.4 Å². The fraction of sp³-hybridized carbons (Fsp3) is 0.821. The smallest absolute Gasteiger partial charge is 0.335 e. The first-order valence-electron chi connectivity index (χ1n) is 15.1. The van der Waals surface area contributed by atoms with Crippen molar-refractivity contribution in [1.82, 2.24) is 0 Å². The topological polar surface area (TPSA) is 362 Å². The van der Waals surface area contributed by atoms with E-state index in [1.54, 1.807) is 0 Å². The first-order valence-corrected chi connectivity index (χ1v) is 15.1. The fourth-order valence-corrected chi connectivity index (χ4v) is 6.67. The molecule has 0 saturated carbocycles. The molecule has 3 rings (SSSR count). The summed E-state index contributed by atoms with van der Waals surface area (Å²) < 4.78 is 16.2. The Morgan fingerprint density at radius 3 is 1.38 bits per heavy atom. The van der Waals surface area contributed by atoms with Crippen molar-refractivity contribution in [3.8, 4) is 0 Å². The summed E-state index contributed by atoms with van der Waals surface area (Å²) in [5, 5.41) is 142. The minimum atomic E-state index is -2.35. The predicted molar refractivity (Wildman–Crippen MR) is 150 cm³/mol. The monoisotopic (exact) mass is 700 g/mol. The molecule has 3 aliphatic rings. The Bertz CT molecular complexity index is 1120.